The largest absolute Gasteiger partial charge is 0.356 e. The number of nitrogens with one attached hydrogen (secondary N) is 1. The van der Waals surface area contributed by atoms with Gasteiger partial charge in [-0.25, -0.2) is 0 Å². The molecule has 0 radical (unpaired) electrons. The molecule has 1 aliphatic carbocycles. The fraction of sp³-hybridized carbons (Fsp3) is 0.900. The number of rotatable bonds is 1. The van der Waals surface area contributed by atoms with Gasteiger partial charge in [0.05, 0.1) is 0 Å². The second kappa shape index (κ2) is 2.75. The molecule has 0 aromatic rings. The molecule has 2 rings (SSSR count). The lowest BCUT2D eigenvalue weighted by molar-refractivity contribution is -0.119. The van der Waals surface area contributed by atoms with Gasteiger partial charge in [0.25, 0.3) is 0 Å². The summed E-state index contributed by atoms with van der Waals surface area (Å²) in [6.45, 7) is 3.18. The van der Waals surface area contributed by atoms with Gasteiger partial charge in [-0.2, -0.15) is 0 Å². The molecule has 0 aromatic carbocycles. The zero-order valence-corrected chi connectivity index (χ0v) is 7.73. The molecule has 2 heteroatoms. The lowest BCUT2D eigenvalue weighted by Crippen LogP contribution is -2.27. The van der Waals surface area contributed by atoms with Crippen LogP contribution < -0.4 is 5.32 Å². The first-order valence-electron chi connectivity index (χ1n) is 4.97. The summed E-state index contributed by atoms with van der Waals surface area (Å²) in [6.07, 6.45) is 6.18. The Labute approximate surface area is 73.7 Å². The van der Waals surface area contributed by atoms with Crippen LogP contribution in [0.3, 0.4) is 0 Å². The van der Waals surface area contributed by atoms with Crippen LogP contribution in [0.2, 0.25) is 0 Å². The van der Waals surface area contributed by atoms with Crippen molar-refractivity contribution in [1.82, 2.24) is 5.32 Å². The Morgan fingerprint density at radius 2 is 2.08 bits per heavy atom. The summed E-state index contributed by atoms with van der Waals surface area (Å²) < 4.78 is 0. The Morgan fingerprint density at radius 1 is 1.42 bits per heavy atom. The average Bonchev–Trinajstić information content (AvgIpc) is 2.59. The van der Waals surface area contributed by atoms with Crippen LogP contribution in [0.15, 0.2) is 0 Å². The van der Waals surface area contributed by atoms with Crippen LogP contribution in [0.5, 0.6) is 0 Å². The molecule has 1 heterocycles. The summed E-state index contributed by atoms with van der Waals surface area (Å²) >= 11 is 0. The summed E-state index contributed by atoms with van der Waals surface area (Å²) in [4.78, 5) is 11.1. The Hall–Kier alpha value is -0.530. The molecule has 0 unspecified atom stereocenters. The minimum Gasteiger partial charge on any atom is -0.356 e. The SMILES string of the molecule is C[C@@]1(C2CCCC2)CNC(=O)C1. The maximum atomic E-state index is 11.1. The fourth-order valence-corrected chi connectivity index (χ4v) is 2.70. The molecule has 0 bridgehead atoms. The zero-order chi connectivity index (χ0) is 8.60. The van der Waals surface area contributed by atoms with Gasteiger partial charge in [0, 0.05) is 13.0 Å². The molecule has 1 atom stereocenters. The van der Waals surface area contributed by atoms with E-state index < -0.39 is 0 Å². The van der Waals surface area contributed by atoms with Crippen LogP contribution in [0, 0.1) is 11.3 Å². The minimum absolute atomic E-state index is 0.254. The molecule has 1 aliphatic heterocycles. The number of carbonyl (C=O) groups excluding carboxylic acids is 1. The minimum atomic E-state index is 0.254. The first-order chi connectivity index (χ1) is 5.71. The highest BCUT2D eigenvalue weighted by atomic mass is 16.1. The third-order valence-electron chi connectivity index (χ3n) is 3.59. The molecular weight excluding hydrogens is 150 g/mol. The number of amides is 1. The van der Waals surface area contributed by atoms with Gasteiger partial charge in [-0.15, -0.1) is 0 Å². The van der Waals surface area contributed by atoms with Crippen molar-refractivity contribution in [2.24, 2.45) is 11.3 Å². The summed E-state index contributed by atoms with van der Waals surface area (Å²) in [7, 11) is 0. The number of hydrogen-bond donors (Lipinski definition) is 1. The average molecular weight is 167 g/mol. The van der Waals surface area contributed by atoms with E-state index in [1.54, 1.807) is 0 Å². The van der Waals surface area contributed by atoms with Gasteiger partial charge in [0.15, 0.2) is 0 Å². The van der Waals surface area contributed by atoms with Crippen molar-refractivity contribution in [2.75, 3.05) is 6.54 Å². The lowest BCUT2D eigenvalue weighted by Gasteiger charge is -2.28. The van der Waals surface area contributed by atoms with E-state index in [1.165, 1.54) is 25.7 Å². The van der Waals surface area contributed by atoms with E-state index in [9.17, 15) is 4.79 Å². The summed E-state index contributed by atoms with van der Waals surface area (Å²) in [5.74, 6) is 1.06. The molecule has 1 N–H and O–H groups in total. The molecule has 1 saturated carbocycles. The van der Waals surface area contributed by atoms with Gasteiger partial charge in [0.2, 0.25) is 5.91 Å². The standard InChI is InChI=1S/C10H17NO/c1-10(6-9(12)11-7-10)8-4-2-3-5-8/h8H,2-7H2,1H3,(H,11,12)/t10-/m0/s1. The van der Waals surface area contributed by atoms with Crippen molar-refractivity contribution in [2.45, 2.75) is 39.0 Å². The van der Waals surface area contributed by atoms with Gasteiger partial charge in [-0.1, -0.05) is 19.8 Å². The summed E-state index contributed by atoms with van der Waals surface area (Å²) in [6, 6.07) is 0. The van der Waals surface area contributed by atoms with E-state index in [1.807, 2.05) is 0 Å². The van der Waals surface area contributed by atoms with Crippen LogP contribution in [-0.2, 0) is 4.79 Å². The van der Waals surface area contributed by atoms with E-state index >= 15 is 0 Å². The molecule has 0 spiro atoms. The third-order valence-corrected chi connectivity index (χ3v) is 3.59. The van der Waals surface area contributed by atoms with Crippen LogP contribution in [-0.4, -0.2) is 12.5 Å². The fourth-order valence-electron chi connectivity index (χ4n) is 2.70. The third kappa shape index (κ3) is 1.23. The van der Waals surface area contributed by atoms with E-state index in [0.29, 0.717) is 0 Å². The topological polar surface area (TPSA) is 29.1 Å². The van der Waals surface area contributed by atoms with Crippen LogP contribution in [0.4, 0.5) is 0 Å². The number of carbonyl (C=O) groups is 1. The first-order valence-corrected chi connectivity index (χ1v) is 4.97. The zero-order valence-electron chi connectivity index (χ0n) is 7.73. The smallest absolute Gasteiger partial charge is 0.220 e. The Balaban J connectivity index is 2.05. The second-order valence-electron chi connectivity index (χ2n) is 4.59. The molecule has 68 valence electrons. The molecule has 0 aromatic heterocycles. The maximum absolute atomic E-state index is 11.1. The highest BCUT2D eigenvalue weighted by molar-refractivity contribution is 5.79. The maximum Gasteiger partial charge on any atom is 0.220 e. The monoisotopic (exact) mass is 167 g/mol. The molecule has 12 heavy (non-hydrogen) atoms. The van der Waals surface area contributed by atoms with E-state index in [-0.39, 0.29) is 11.3 Å². The molecule has 2 aliphatic rings. The molecule has 2 fully saturated rings. The van der Waals surface area contributed by atoms with Crippen LogP contribution in [0.25, 0.3) is 0 Å². The van der Waals surface area contributed by atoms with Crippen LogP contribution in [0.1, 0.15) is 39.0 Å². The molecule has 1 saturated heterocycles. The predicted octanol–water partition coefficient (Wildman–Crippen LogP) is 1.70. The van der Waals surface area contributed by atoms with Crippen molar-refractivity contribution in [1.29, 1.82) is 0 Å². The highest BCUT2D eigenvalue weighted by Crippen LogP contribution is 2.43. The van der Waals surface area contributed by atoms with Crippen LogP contribution >= 0.6 is 0 Å². The van der Waals surface area contributed by atoms with Crippen molar-refractivity contribution in [3.8, 4) is 0 Å². The lowest BCUT2D eigenvalue weighted by atomic mass is 9.75. The second-order valence-corrected chi connectivity index (χ2v) is 4.59. The van der Waals surface area contributed by atoms with E-state index in [0.717, 1.165) is 18.9 Å². The number of hydrogen-bond acceptors (Lipinski definition) is 1. The van der Waals surface area contributed by atoms with Gasteiger partial charge in [-0.05, 0) is 24.2 Å². The van der Waals surface area contributed by atoms with Gasteiger partial charge in [-0.3, -0.25) is 4.79 Å². The highest BCUT2D eigenvalue weighted by Gasteiger charge is 2.41. The van der Waals surface area contributed by atoms with Crippen molar-refractivity contribution in [3.63, 3.8) is 0 Å². The predicted molar refractivity (Wildman–Crippen MR) is 47.7 cm³/mol. The first kappa shape index (κ1) is 8.09. The molecule has 1 amide bonds. The van der Waals surface area contributed by atoms with Crippen molar-refractivity contribution in [3.05, 3.63) is 0 Å². The molecule has 2 nitrogen and oxygen atoms in total. The van der Waals surface area contributed by atoms with E-state index in [2.05, 4.69) is 12.2 Å². The van der Waals surface area contributed by atoms with Gasteiger partial charge < -0.3 is 5.32 Å². The Bertz CT molecular complexity index is 196. The summed E-state index contributed by atoms with van der Waals surface area (Å²) in [5.41, 5.74) is 0.285. The Kier molecular flexibility index (Phi) is 1.85. The summed E-state index contributed by atoms with van der Waals surface area (Å²) in [5, 5.41) is 2.95. The van der Waals surface area contributed by atoms with E-state index in [4.69, 9.17) is 0 Å². The normalized spacial score (nSPS) is 37.2. The van der Waals surface area contributed by atoms with Crippen molar-refractivity contribution >= 4 is 5.91 Å². The van der Waals surface area contributed by atoms with Gasteiger partial charge >= 0.3 is 0 Å². The Morgan fingerprint density at radius 3 is 2.58 bits per heavy atom. The van der Waals surface area contributed by atoms with Gasteiger partial charge in [0.1, 0.15) is 0 Å². The van der Waals surface area contributed by atoms with Crippen molar-refractivity contribution < 1.29 is 4.79 Å². The quantitative estimate of drug-likeness (QED) is 0.632. The molecular formula is C10H17NO.